The van der Waals surface area contributed by atoms with Gasteiger partial charge < -0.3 is 21.7 Å². The van der Waals surface area contributed by atoms with E-state index in [1.54, 1.807) is 0 Å². The number of nitrogens with zero attached hydrogens (tertiary/aromatic N) is 5. The lowest BCUT2D eigenvalue weighted by molar-refractivity contribution is 0.845. The number of pyridine rings is 1. The van der Waals surface area contributed by atoms with Crippen LogP contribution >= 0.6 is 0 Å². The van der Waals surface area contributed by atoms with Gasteiger partial charge in [0.25, 0.3) is 0 Å². The zero-order valence-corrected chi connectivity index (χ0v) is 15.6. The number of anilines is 4. The summed E-state index contributed by atoms with van der Waals surface area (Å²) < 4.78 is 0. The molecule has 0 amide bonds. The number of nitriles is 2. The Morgan fingerprint density at radius 3 is 2.93 bits per heavy atom. The Hall–Kier alpha value is -4.24. The van der Waals surface area contributed by atoms with Crippen molar-refractivity contribution in [2.45, 2.75) is 12.5 Å². The molecule has 0 spiro atoms. The number of aromatic nitrogens is 1. The summed E-state index contributed by atoms with van der Waals surface area (Å²) in [6, 6.07) is 7.61. The Morgan fingerprint density at radius 1 is 1.38 bits per heavy atom. The van der Waals surface area contributed by atoms with E-state index in [0.717, 1.165) is 25.1 Å². The molecule has 2 aromatic rings. The van der Waals surface area contributed by atoms with E-state index in [4.69, 9.17) is 16.7 Å². The number of guanidine groups is 1. The van der Waals surface area contributed by atoms with Gasteiger partial charge in [0.2, 0.25) is 5.96 Å². The molecular weight excluding hydrogens is 366 g/mol. The minimum Gasteiger partial charge on any atom is -0.397 e. The molecule has 0 saturated carbocycles. The van der Waals surface area contributed by atoms with Gasteiger partial charge in [-0.2, -0.15) is 10.5 Å². The van der Waals surface area contributed by atoms with Crippen molar-refractivity contribution in [1.29, 1.82) is 10.5 Å². The van der Waals surface area contributed by atoms with Crippen molar-refractivity contribution in [1.82, 2.24) is 10.3 Å². The number of rotatable bonds is 3. The van der Waals surface area contributed by atoms with E-state index in [2.05, 4.69) is 44.2 Å². The molecule has 4 rings (SSSR count). The molecule has 2 aliphatic heterocycles. The highest BCUT2D eigenvalue weighted by atomic mass is 15.2. The van der Waals surface area contributed by atoms with Gasteiger partial charge in [0.15, 0.2) is 6.19 Å². The van der Waals surface area contributed by atoms with Crippen molar-refractivity contribution in [3.8, 4) is 12.3 Å². The van der Waals surface area contributed by atoms with Crippen molar-refractivity contribution in [3.05, 3.63) is 53.1 Å². The second-order valence-electron chi connectivity index (χ2n) is 6.77. The first kappa shape index (κ1) is 18.1. The lowest BCUT2D eigenvalue weighted by Gasteiger charge is -2.26. The number of fused-ring (bicyclic) bond motifs is 2. The molecule has 144 valence electrons. The molecule has 1 atom stereocenters. The average Bonchev–Trinajstić information content (AvgIpc) is 3.10. The largest absolute Gasteiger partial charge is 0.397 e. The van der Waals surface area contributed by atoms with Gasteiger partial charge in [-0.1, -0.05) is 18.2 Å². The van der Waals surface area contributed by atoms with Gasteiger partial charge in [0.1, 0.15) is 29.3 Å². The Morgan fingerprint density at radius 2 is 2.21 bits per heavy atom. The van der Waals surface area contributed by atoms with Crippen LogP contribution in [0.1, 0.15) is 28.3 Å². The van der Waals surface area contributed by atoms with Crippen LogP contribution in [-0.4, -0.2) is 24.0 Å². The molecule has 0 bridgehead atoms. The van der Waals surface area contributed by atoms with E-state index in [-0.39, 0.29) is 23.0 Å². The van der Waals surface area contributed by atoms with Crippen molar-refractivity contribution < 1.29 is 0 Å². The minimum atomic E-state index is -0.527. The van der Waals surface area contributed by atoms with Crippen LogP contribution in [0.4, 0.5) is 23.0 Å². The smallest absolute Gasteiger partial charge is 0.211 e. The summed E-state index contributed by atoms with van der Waals surface area (Å²) in [4.78, 5) is 11.1. The fraction of sp³-hybridized carbons (Fsp3) is 0.200. The first-order chi connectivity index (χ1) is 14.1. The maximum atomic E-state index is 9.43. The zero-order valence-electron chi connectivity index (χ0n) is 15.6. The topological polar surface area (TPSA) is 152 Å². The van der Waals surface area contributed by atoms with E-state index in [1.165, 1.54) is 11.3 Å². The predicted molar refractivity (Wildman–Crippen MR) is 112 cm³/mol. The molecule has 0 aliphatic carbocycles. The van der Waals surface area contributed by atoms with Crippen molar-refractivity contribution in [3.63, 3.8) is 0 Å². The summed E-state index contributed by atoms with van der Waals surface area (Å²) in [6.45, 7) is 5.53. The molecule has 9 heteroatoms. The molecular formula is C20H19N9. The van der Waals surface area contributed by atoms with Crippen molar-refractivity contribution >= 4 is 29.0 Å². The quantitative estimate of drug-likeness (QED) is 0.353. The molecule has 0 saturated heterocycles. The molecule has 6 N–H and O–H groups in total. The number of hydrogen-bond donors (Lipinski definition) is 4. The van der Waals surface area contributed by atoms with Gasteiger partial charge in [0.05, 0.1) is 5.69 Å². The number of aliphatic imine (C=N–C) groups is 1. The monoisotopic (exact) mass is 385 g/mol. The fourth-order valence-corrected chi connectivity index (χ4v) is 3.83. The standard InChI is InChI=1S/C20H19N9/c1-2-6-29-7-5-11-8-12(3-4-14(11)29)17-15-16(23)13(9-21)18(24)27-19(15)28-20(26-17)25-10-22/h2-4,8,17H,1,5-7H2,(H6,23,24,25,26,27,28). The summed E-state index contributed by atoms with van der Waals surface area (Å²) >= 11 is 0. The highest BCUT2D eigenvalue weighted by Gasteiger charge is 2.30. The van der Waals surface area contributed by atoms with Crippen LogP contribution in [0.2, 0.25) is 0 Å². The maximum absolute atomic E-state index is 9.43. The van der Waals surface area contributed by atoms with E-state index >= 15 is 0 Å². The van der Waals surface area contributed by atoms with Gasteiger partial charge in [-0.05, 0) is 23.6 Å². The van der Waals surface area contributed by atoms with Gasteiger partial charge in [-0.15, -0.1) is 6.58 Å². The van der Waals surface area contributed by atoms with E-state index in [9.17, 15) is 5.26 Å². The number of hydrogen-bond acceptors (Lipinski definition) is 9. The molecule has 0 fully saturated rings. The fourth-order valence-electron chi connectivity index (χ4n) is 3.83. The second-order valence-corrected chi connectivity index (χ2v) is 6.77. The van der Waals surface area contributed by atoms with Crippen LogP contribution in [0.5, 0.6) is 0 Å². The zero-order chi connectivity index (χ0) is 20.5. The van der Waals surface area contributed by atoms with E-state index in [0.29, 0.717) is 11.4 Å². The first-order valence-corrected chi connectivity index (χ1v) is 9.05. The molecule has 9 nitrogen and oxygen atoms in total. The molecule has 3 heterocycles. The maximum Gasteiger partial charge on any atom is 0.211 e. The highest BCUT2D eigenvalue weighted by Crippen LogP contribution is 2.42. The number of nitrogens with two attached hydrogens (primary N) is 2. The van der Waals surface area contributed by atoms with Crippen LogP contribution in [0, 0.1) is 22.8 Å². The van der Waals surface area contributed by atoms with Gasteiger partial charge in [0, 0.05) is 24.3 Å². The summed E-state index contributed by atoms with van der Waals surface area (Å²) in [6.07, 6.45) is 4.65. The lowest BCUT2D eigenvalue weighted by atomic mass is 9.93. The first-order valence-electron chi connectivity index (χ1n) is 9.05. The third kappa shape index (κ3) is 2.95. The molecule has 29 heavy (non-hydrogen) atoms. The van der Waals surface area contributed by atoms with E-state index < -0.39 is 6.04 Å². The van der Waals surface area contributed by atoms with Gasteiger partial charge in [-0.3, -0.25) is 5.32 Å². The average molecular weight is 385 g/mol. The lowest BCUT2D eigenvalue weighted by Crippen LogP contribution is -2.32. The summed E-state index contributed by atoms with van der Waals surface area (Å²) in [7, 11) is 0. The van der Waals surface area contributed by atoms with Crippen LogP contribution in [0.25, 0.3) is 0 Å². The van der Waals surface area contributed by atoms with Crippen LogP contribution in [0.15, 0.2) is 35.8 Å². The molecule has 1 aromatic heterocycles. The van der Waals surface area contributed by atoms with Crippen molar-refractivity contribution in [2.75, 3.05) is 34.8 Å². The number of nitrogen functional groups attached to an aromatic ring is 2. The van der Waals surface area contributed by atoms with Crippen LogP contribution < -0.4 is 27.0 Å². The van der Waals surface area contributed by atoms with Crippen molar-refractivity contribution in [2.24, 2.45) is 4.99 Å². The Balaban J connectivity index is 1.85. The normalized spacial score (nSPS) is 16.6. The second kappa shape index (κ2) is 7.06. The Bertz CT molecular complexity index is 1120. The summed E-state index contributed by atoms with van der Waals surface area (Å²) in [5, 5.41) is 23.9. The molecule has 0 radical (unpaired) electrons. The minimum absolute atomic E-state index is 0.0298. The Labute approximate surface area is 168 Å². The van der Waals surface area contributed by atoms with Crippen LogP contribution in [-0.2, 0) is 6.42 Å². The third-order valence-corrected chi connectivity index (χ3v) is 5.12. The number of benzene rings is 1. The highest BCUT2D eigenvalue weighted by molar-refractivity contribution is 5.98. The Kier molecular flexibility index (Phi) is 4.41. The predicted octanol–water partition coefficient (Wildman–Crippen LogP) is 1.61. The number of nitrogens with one attached hydrogen (secondary N) is 2. The molecule has 2 aliphatic rings. The van der Waals surface area contributed by atoms with Crippen LogP contribution in [0.3, 0.4) is 0 Å². The van der Waals surface area contributed by atoms with Gasteiger partial charge >= 0.3 is 0 Å². The summed E-state index contributed by atoms with van der Waals surface area (Å²) in [5.74, 6) is 0.655. The molecule has 1 unspecified atom stereocenters. The van der Waals surface area contributed by atoms with Gasteiger partial charge in [-0.25, -0.2) is 9.98 Å². The third-order valence-electron chi connectivity index (χ3n) is 5.12. The SMILES string of the molecule is C=CCN1CCc2cc(C3N=C(NC#N)Nc4nc(N)c(C#N)c(N)c43)ccc21. The summed E-state index contributed by atoms with van der Waals surface area (Å²) in [5.41, 5.74) is 16.4. The molecule has 1 aromatic carbocycles. The van der Waals surface area contributed by atoms with E-state index in [1.807, 2.05) is 24.4 Å².